The van der Waals surface area contributed by atoms with Gasteiger partial charge in [-0.05, 0) is 35.9 Å². The zero-order valence-corrected chi connectivity index (χ0v) is 17.9. The van der Waals surface area contributed by atoms with E-state index in [0.717, 1.165) is 24.6 Å². The van der Waals surface area contributed by atoms with E-state index in [1.807, 2.05) is 16.7 Å². The first-order valence-corrected chi connectivity index (χ1v) is 11.2. The maximum Gasteiger partial charge on any atom is 0.414 e. The van der Waals surface area contributed by atoms with Crippen LogP contribution >= 0.6 is 11.8 Å². The first kappa shape index (κ1) is 21.4. The van der Waals surface area contributed by atoms with Gasteiger partial charge in [0.05, 0.1) is 24.5 Å². The van der Waals surface area contributed by atoms with E-state index in [-0.39, 0.29) is 30.4 Å². The Kier molecular flexibility index (Phi) is 6.31. The normalized spacial score (nSPS) is 18.8. The van der Waals surface area contributed by atoms with Gasteiger partial charge >= 0.3 is 6.09 Å². The van der Waals surface area contributed by atoms with Crippen molar-refractivity contribution in [1.82, 2.24) is 5.32 Å². The monoisotopic (exact) mass is 447 g/mol. The fourth-order valence-electron chi connectivity index (χ4n) is 3.74. The molecule has 0 aromatic heterocycles. The number of hydrogen-bond acceptors (Lipinski definition) is 5. The van der Waals surface area contributed by atoms with Crippen LogP contribution in [0.1, 0.15) is 6.92 Å². The van der Waals surface area contributed by atoms with E-state index in [1.165, 1.54) is 30.0 Å². The summed E-state index contributed by atoms with van der Waals surface area (Å²) in [6, 6.07) is 9.14. The predicted octanol–water partition coefficient (Wildman–Crippen LogP) is 3.65. The van der Waals surface area contributed by atoms with E-state index in [4.69, 9.17) is 4.74 Å². The number of nitrogens with one attached hydrogen (secondary N) is 1. The van der Waals surface area contributed by atoms with Gasteiger partial charge in [0.2, 0.25) is 5.91 Å². The highest BCUT2D eigenvalue weighted by Crippen LogP contribution is 2.32. The van der Waals surface area contributed by atoms with E-state index < -0.39 is 18.0 Å². The smallest absolute Gasteiger partial charge is 0.414 e. The van der Waals surface area contributed by atoms with E-state index in [0.29, 0.717) is 16.9 Å². The Labute approximate surface area is 183 Å². The maximum absolute atomic E-state index is 14.9. The lowest BCUT2D eigenvalue weighted by molar-refractivity contribution is -0.119. The van der Waals surface area contributed by atoms with Crippen LogP contribution in [-0.2, 0) is 9.53 Å². The number of rotatable bonds is 5. The molecule has 0 spiro atoms. The lowest BCUT2D eigenvalue weighted by Crippen LogP contribution is -2.33. The van der Waals surface area contributed by atoms with Crippen LogP contribution in [0.15, 0.2) is 36.4 Å². The Morgan fingerprint density at radius 1 is 1.16 bits per heavy atom. The minimum Gasteiger partial charge on any atom is -0.442 e. The van der Waals surface area contributed by atoms with Gasteiger partial charge in [0.15, 0.2) is 0 Å². The number of ether oxygens (including phenoxy) is 1. The van der Waals surface area contributed by atoms with Crippen LogP contribution in [0, 0.1) is 11.6 Å². The molecule has 2 saturated heterocycles. The van der Waals surface area contributed by atoms with E-state index in [2.05, 4.69) is 5.32 Å². The lowest BCUT2D eigenvalue weighted by atomic mass is 10.0. The predicted molar refractivity (Wildman–Crippen MR) is 118 cm³/mol. The number of carbonyl (C=O) groups is 2. The second-order valence-corrected chi connectivity index (χ2v) is 8.71. The average molecular weight is 448 g/mol. The fraction of sp³-hybridized carbons (Fsp3) is 0.364. The zero-order valence-electron chi connectivity index (χ0n) is 17.1. The van der Waals surface area contributed by atoms with Gasteiger partial charge < -0.3 is 15.0 Å². The molecule has 9 heteroatoms. The summed E-state index contributed by atoms with van der Waals surface area (Å²) in [6.07, 6.45) is -1.11. The number of thioether (sulfide) groups is 1. The second-order valence-electron chi connectivity index (χ2n) is 7.48. The van der Waals surface area contributed by atoms with Gasteiger partial charge in [-0.3, -0.25) is 9.69 Å². The summed E-state index contributed by atoms with van der Waals surface area (Å²) < 4.78 is 34.8. The average Bonchev–Trinajstić information content (AvgIpc) is 3.13. The van der Waals surface area contributed by atoms with Crippen molar-refractivity contribution in [3.05, 3.63) is 48.0 Å². The molecule has 1 atom stereocenters. The van der Waals surface area contributed by atoms with Crippen LogP contribution in [0.3, 0.4) is 0 Å². The van der Waals surface area contributed by atoms with Gasteiger partial charge in [0, 0.05) is 37.1 Å². The van der Waals surface area contributed by atoms with Gasteiger partial charge in [0.25, 0.3) is 0 Å². The highest BCUT2D eigenvalue weighted by atomic mass is 32.2. The summed E-state index contributed by atoms with van der Waals surface area (Å²) in [7, 11) is 0. The molecule has 1 N–H and O–H groups in total. The van der Waals surface area contributed by atoms with Crippen LogP contribution < -0.4 is 15.1 Å². The largest absolute Gasteiger partial charge is 0.442 e. The van der Waals surface area contributed by atoms with Crippen molar-refractivity contribution in [3.63, 3.8) is 0 Å². The van der Waals surface area contributed by atoms with Crippen molar-refractivity contribution in [1.29, 1.82) is 0 Å². The first-order valence-electron chi connectivity index (χ1n) is 10.1. The molecule has 2 aliphatic rings. The molecule has 164 valence electrons. The van der Waals surface area contributed by atoms with E-state index in [9.17, 15) is 18.4 Å². The van der Waals surface area contributed by atoms with Crippen LogP contribution in [0.4, 0.5) is 25.0 Å². The molecule has 0 bridgehead atoms. The number of amides is 2. The summed E-state index contributed by atoms with van der Waals surface area (Å²) in [5.41, 5.74) is 1.57. The third-order valence-corrected chi connectivity index (χ3v) is 6.27. The Hall–Kier alpha value is -2.81. The highest BCUT2D eigenvalue weighted by Gasteiger charge is 2.32. The standard InChI is InChI=1S/C22H23F2N3O3S/c1-14(28)25-12-17-13-27(22(29)30-17)16-3-4-18(19(23)11-16)15-2-5-21(20(24)10-15)26-6-8-31-9-7-26/h2-5,10-11,17H,6-9,12-13H2,1H3,(H,25,28)/t17-/m0/s1. The minimum absolute atomic E-state index is 0.194. The van der Waals surface area contributed by atoms with Crippen molar-refractivity contribution in [2.45, 2.75) is 13.0 Å². The molecule has 31 heavy (non-hydrogen) atoms. The van der Waals surface area contributed by atoms with E-state index >= 15 is 0 Å². The van der Waals surface area contributed by atoms with Crippen LogP contribution in [-0.4, -0.2) is 55.8 Å². The Balaban J connectivity index is 1.51. The van der Waals surface area contributed by atoms with Gasteiger partial charge in [-0.25, -0.2) is 13.6 Å². The molecule has 2 heterocycles. The van der Waals surface area contributed by atoms with Gasteiger partial charge in [0.1, 0.15) is 17.7 Å². The Bertz CT molecular complexity index is 998. The molecule has 0 unspecified atom stereocenters. The number of anilines is 2. The minimum atomic E-state index is -0.599. The number of halogens is 2. The second kappa shape index (κ2) is 9.13. The molecule has 0 aliphatic carbocycles. The number of carbonyl (C=O) groups excluding carboxylic acids is 2. The molecule has 4 rings (SSSR count). The fourth-order valence-corrected chi connectivity index (χ4v) is 4.64. The molecule has 6 nitrogen and oxygen atoms in total. The SMILES string of the molecule is CC(=O)NC[C@H]1CN(c2ccc(-c3ccc(N4CCSCC4)c(F)c3)c(F)c2)C(=O)O1. The van der Waals surface area contributed by atoms with Crippen molar-refractivity contribution < 1.29 is 23.1 Å². The van der Waals surface area contributed by atoms with Crippen LogP contribution in [0.5, 0.6) is 0 Å². The molecule has 2 fully saturated rings. The van der Waals surface area contributed by atoms with E-state index in [1.54, 1.807) is 18.2 Å². The molecule has 2 amide bonds. The maximum atomic E-state index is 14.9. The molecule has 2 aliphatic heterocycles. The zero-order chi connectivity index (χ0) is 22.0. The summed E-state index contributed by atoms with van der Waals surface area (Å²) in [4.78, 5) is 26.5. The molecule has 2 aromatic rings. The summed E-state index contributed by atoms with van der Waals surface area (Å²) >= 11 is 1.85. The first-order chi connectivity index (χ1) is 14.9. The lowest BCUT2D eigenvalue weighted by Gasteiger charge is -2.29. The van der Waals surface area contributed by atoms with Crippen molar-refractivity contribution in [2.75, 3.05) is 47.5 Å². The molecule has 0 saturated carbocycles. The topological polar surface area (TPSA) is 61.9 Å². The number of nitrogens with zero attached hydrogens (tertiary/aromatic N) is 2. The third kappa shape index (κ3) is 4.76. The highest BCUT2D eigenvalue weighted by molar-refractivity contribution is 7.99. The number of benzene rings is 2. The summed E-state index contributed by atoms with van der Waals surface area (Å²) in [6.45, 7) is 3.36. The number of hydrogen-bond donors (Lipinski definition) is 1. The van der Waals surface area contributed by atoms with Crippen molar-refractivity contribution in [2.24, 2.45) is 0 Å². The molecule has 0 radical (unpaired) electrons. The van der Waals surface area contributed by atoms with Crippen molar-refractivity contribution in [3.8, 4) is 11.1 Å². The molecular formula is C22H23F2N3O3S. The summed E-state index contributed by atoms with van der Waals surface area (Å²) in [5, 5.41) is 2.60. The molecule has 2 aromatic carbocycles. The van der Waals surface area contributed by atoms with Crippen molar-refractivity contribution >= 4 is 35.1 Å². The van der Waals surface area contributed by atoms with Gasteiger partial charge in [-0.1, -0.05) is 6.07 Å². The van der Waals surface area contributed by atoms with Gasteiger partial charge in [-0.15, -0.1) is 0 Å². The Morgan fingerprint density at radius 3 is 2.61 bits per heavy atom. The summed E-state index contributed by atoms with van der Waals surface area (Å²) in [5.74, 6) is 0.764. The van der Waals surface area contributed by atoms with Gasteiger partial charge in [-0.2, -0.15) is 11.8 Å². The van der Waals surface area contributed by atoms with Crippen LogP contribution in [0.2, 0.25) is 0 Å². The molecular weight excluding hydrogens is 424 g/mol. The third-order valence-electron chi connectivity index (χ3n) is 5.33. The number of cyclic esters (lactones) is 1. The van der Waals surface area contributed by atoms with Crippen LogP contribution in [0.25, 0.3) is 11.1 Å². The Morgan fingerprint density at radius 2 is 1.94 bits per heavy atom. The quantitative estimate of drug-likeness (QED) is 0.758.